The molecule has 0 saturated carbocycles. The molecular weight excluding hydrogens is 232 g/mol. The lowest BCUT2D eigenvalue weighted by Gasteiger charge is -2.19. The van der Waals surface area contributed by atoms with Gasteiger partial charge in [-0.15, -0.1) is 0 Å². The molecule has 0 aliphatic heterocycles. The van der Waals surface area contributed by atoms with Gasteiger partial charge in [0.15, 0.2) is 0 Å². The van der Waals surface area contributed by atoms with E-state index in [1.165, 1.54) is 16.7 Å². The molecule has 2 rings (SSSR count). The molecule has 0 amide bonds. The van der Waals surface area contributed by atoms with Crippen molar-refractivity contribution in [2.24, 2.45) is 0 Å². The molecule has 0 aromatic heterocycles. The van der Waals surface area contributed by atoms with Gasteiger partial charge in [-0.3, -0.25) is 0 Å². The van der Waals surface area contributed by atoms with Gasteiger partial charge in [0.25, 0.3) is 0 Å². The quantitative estimate of drug-likeness (QED) is 0.778. The molecule has 0 unspecified atom stereocenters. The van der Waals surface area contributed by atoms with Crippen molar-refractivity contribution in [2.45, 2.75) is 32.6 Å². The summed E-state index contributed by atoms with van der Waals surface area (Å²) in [6.07, 6.45) is 0.967. The van der Waals surface area contributed by atoms with Crippen LogP contribution in [0.25, 0.3) is 0 Å². The number of methoxy groups -OCH3 is 1. The predicted octanol–water partition coefficient (Wildman–Crippen LogP) is 4.58. The highest BCUT2D eigenvalue weighted by molar-refractivity contribution is 5.33. The fraction of sp³-hybridized carbons (Fsp3) is 0.333. The minimum atomic E-state index is 0.221. The van der Waals surface area contributed by atoms with Crippen LogP contribution in [-0.2, 0) is 11.8 Å². The van der Waals surface area contributed by atoms with Gasteiger partial charge in [-0.2, -0.15) is 0 Å². The number of benzene rings is 2. The zero-order chi connectivity index (χ0) is 13.9. The van der Waals surface area contributed by atoms with Crippen molar-refractivity contribution in [3.05, 3.63) is 65.2 Å². The maximum Gasteiger partial charge on any atom is 0.118 e. The van der Waals surface area contributed by atoms with Crippen LogP contribution in [0.5, 0.6) is 5.75 Å². The number of ether oxygens (including phenoxy) is 1. The molecule has 0 atom stereocenters. The van der Waals surface area contributed by atoms with E-state index >= 15 is 0 Å². The lowest BCUT2D eigenvalue weighted by Crippen LogP contribution is -2.10. The summed E-state index contributed by atoms with van der Waals surface area (Å²) < 4.78 is 5.17. The summed E-state index contributed by atoms with van der Waals surface area (Å²) in [5.74, 6) is 0.909. The van der Waals surface area contributed by atoms with E-state index in [1.54, 1.807) is 7.11 Å². The van der Waals surface area contributed by atoms with E-state index in [4.69, 9.17) is 4.74 Å². The molecule has 0 aliphatic carbocycles. The first-order valence-electron chi connectivity index (χ1n) is 6.71. The maximum absolute atomic E-state index is 5.17. The first kappa shape index (κ1) is 13.7. The molecule has 0 saturated heterocycles. The minimum Gasteiger partial charge on any atom is -0.497 e. The summed E-state index contributed by atoms with van der Waals surface area (Å²) in [6, 6.07) is 17.2. The van der Waals surface area contributed by atoms with Gasteiger partial charge in [-0.25, -0.2) is 0 Å². The van der Waals surface area contributed by atoms with Gasteiger partial charge in [-0.1, -0.05) is 57.2 Å². The molecule has 0 heterocycles. The normalized spacial score (nSPS) is 11.4. The second-order valence-electron chi connectivity index (χ2n) is 5.97. The Morgan fingerprint density at radius 2 is 1.26 bits per heavy atom. The summed E-state index contributed by atoms with van der Waals surface area (Å²) >= 11 is 0. The minimum absolute atomic E-state index is 0.221. The monoisotopic (exact) mass is 254 g/mol. The summed E-state index contributed by atoms with van der Waals surface area (Å²) in [6.45, 7) is 6.72. The zero-order valence-electron chi connectivity index (χ0n) is 12.2. The third-order valence-corrected chi connectivity index (χ3v) is 3.39. The molecule has 1 nitrogen and oxygen atoms in total. The number of rotatable bonds is 3. The second-order valence-corrected chi connectivity index (χ2v) is 5.97. The molecule has 1 heteroatoms. The Balaban J connectivity index is 2.10. The maximum atomic E-state index is 5.17. The summed E-state index contributed by atoms with van der Waals surface area (Å²) in [5, 5.41) is 0. The van der Waals surface area contributed by atoms with Crippen molar-refractivity contribution < 1.29 is 4.74 Å². The third-order valence-electron chi connectivity index (χ3n) is 3.39. The largest absolute Gasteiger partial charge is 0.497 e. The highest BCUT2D eigenvalue weighted by Gasteiger charge is 2.12. The van der Waals surface area contributed by atoms with Crippen LogP contribution < -0.4 is 4.74 Å². The average Bonchev–Trinajstić information content (AvgIpc) is 2.39. The molecule has 2 aromatic carbocycles. The molecule has 0 aliphatic rings. The lowest BCUT2D eigenvalue weighted by molar-refractivity contribution is 0.414. The lowest BCUT2D eigenvalue weighted by atomic mass is 9.86. The van der Waals surface area contributed by atoms with Gasteiger partial charge >= 0.3 is 0 Å². The third kappa shape index (κ3) is 3.60. The van der Waals surface area contributed by atoms with Gasteiger partial charge in [0, 0.05) is 0 Å². The van der Waals surface area contributed by atoms with Crippen molar-refractivity contribution in [3.8, 4) is 5.75 Å². The van der Waals surface area contributed by atoms with Crippen LogP contribution in [0.15, 0.2) is 48.5 Å². The molecule has 0 fully saturated rings. The smallest absolute Gasteiger partial charge is 0.118 e. The zero-order valence-corrected chi connectivity index (χ0v) is 12.2. The van der Waals surface area contributed by atoms with Crippen LogP contribution in [-0.4, -0.2) is 7.11 Å². The highest BCUT2D eigenvalue weighted by atomic mass is 16.5. The molecular formula is C18H22O. The van der Waals surface area contributed by atoms with Gasteiger partial charge < -0.3 is 4.74 Å². The first-order valence-corrected chi connectivity index (χ1v) is 6.71. The fourth-order valence-electron chi connectivity index (χ4n) is 2.10. The van der Waals surface area contributed by atoms with E-state index in [1.807, 2.05) is 12.1 Å². The summed E-state index contributed by atoms with van der Waals surface area (Å²) in [5.41, 5.74) is 4.26. The summed E-state index contributed by atoms with van der Waals surface area (Å²) in [7, 11) is 1.69. The van der Waals surface area contributed by atoms with E-state index in [0.29, 0.717) is 0 Å². The van der Waals surface area contributed by atoms with Crippen molar-refractivity contribution >= 4 is 0 Å². The van der Waals surface area contributed by atoms with Crippen molar-refractivity contribution in [1.82, 2.24) is 0 Å². The first-order chi connectivity index (χ1) is 8.99. The van der Waals surface area contributed by atoms with Crippen LogP contribution in [0.2, 0.25) is 0 Å². The molecule has 19 heavy (non-hydrogen) atoms. The number of hydrogen-bond donors (Lipinski definition) is 0. The van der Waals surface area contributed by atoms with Crippen LogP contribution in [0, 0.1) is 0 Å². The number of hydrogen-bond acceptors (Lipinski definition) is 1. The van der Waals surface area contributed by atoms with E-state index in [-0.39, 0.29) is 5.41 Å². The standard InChI is InChI=1S/C18H22O/c1-18(2,3)16-9-5-14(6-10-16)13-15-7-11-17(19-4)12-8-15/h5-12H,13H2,1-4H3. The molecule has 2 aromatic rings. The molecule has 100 valence electrons. The van der Waals surface area contributed by atoms with Crippen LogP contribution in [0.3, 0.4) is 0 Å². The van der Waals surface area contributed by atoms with Crippen LogP contribution in [0.1, 0.15) is 37.5 Å². The molecule has 0 radical (unpaired) electrons. The van der Waals surface area contributed by atoms with Crippen molar-refractivity contribution in [3.63, 3.8) is 0 Å². The highest BCUT2D eigenvalue weighted by Crippen LogP contribution is 2.23. The van der Waals surface area contributed by atoms with E-state index in [0.717, 1.165) is 12.2 Å². The Labute approximate surface area is 116 Å². The Bertz CT molecular complexity index is 515. The fourth-order valence-corrected chi connectivity index (χ4v) is 2.10. The van der Waals surface area contributed by atoms with Gasteiger partial charge in [-0.05, 0) is 40.7 Å². The second kappa shape index (κ2) is 5.48. The van der Waals surface area contributed by atoms with E-state index in [2.05, 4.69) is 57.2 Å². The van der Waals surface area contributed by atoms with Gasteiger partial charge in [0.1, 0.15) is 5.75 Å². The SMILES string of the molecule is COc1ccc(Cc2ccc(C(C)(C)C)cc2)cc1. The van der Waals surface area contributed by atoms with E-state index < -0.39 is 0 Å². The van der Waals surface area contributed by atoms with Crippen molar-refractivity contribution in [2.75, 3.05) is 7.11 Å². The van der Waals surface area contributed by atoms with E-state index in [9.17, 15) is 0 Å². The van der Waals surface area contributed by atoms with Crippen molar-refractivity contribution in [1.29, 1.82) is 0 Å². The van der Waals surface area contributed by atoms with Gasteiger partial charge in [0.05, 0.1) is 7.11 Å². The molecule has 0 spiro atoms. The van der Waals surface area contributed by atoms with Crippen LogP contribution >= 0.6 is 0 Å². The van der Waals surface area contributed by atoms with Crippen LogP contribution in [0.4, 0.5) is 0 Å². The molecule has 0 N–H and O–H groups in total. The average molecular weight is 254 g/mol. The Kier molecular flexibility index (Phi) is 3.94. The Morgan fingerprint density at radius 3 is 1.68 bits per heavy atom. The predicted molar refractivity (Wildman–Crippen MR) is 80.9 cm³/mol. The Morgan fingerprint density at radius 1 is 0.789 bits per heavy atom. The topological polar surface area (TPSA) is 9.23 Å². The molecule has 0 bridgehead atoms. The van der Waals surface area contributed by atoms with Gasteiger partial charge in [0.2, 0.25) is 0 Å². The Hall–Kier alpha value is -1.76. The summed E-state index contributed by atoms with van der Waals surface area (Å²) in [4.78, 5) is 0.